The third-order valence-electron chi connectivity index (χ3n) is 5.07. The zero-order valence-electron chi connectivity index (χ0n) is 15.6. The normalized spacial score (nSPS) is 14.9. The zero-order chi connectivity index (χ0) is 19.3. The molecule has 0 spiro atoms. The highest BCUT2D eigenvalue weighted by Crippen LogP contribution is 2.15. The third-order valence-corrected chi connectivity index (χ3v) is 5.07. The first kappa shape index (κ1) is 18.3. The standard InChI is InChI=1S/C22H23N3O3/c26-19-16-21(28-20-9-5-4-8-18(19)20)22(27)23-10-11-24-12-14-25(15-13-24)17-6-2-1-3-7-17/h1-9,16H,10-15H2,(H,23,27). The van der Waals surface area contributed by atoms with Crippen LogP contribution in [0, 0.1) is 0 Å². The predicted octanol–water partition coefficient (Wildman–Crippen LogP) is 2.34. The molecule has 1 amide bonds. The lowest BCUT2D eigenvalue weighted by molar-refractivity contribution is 0.0920. The van der Waals surface area contributed by atoms with Gasteiger partial charge in [0.1, 0.15) is 5.58 Å². The first-order valence-corrected chi connectivity index (χ1v) is 9.54. The molecule has 2 heterocycles. The molecule has 0 aliphatic carbocycles. The third kappa shape index (κ3) is 4.07. The average molecular weight is 377 g/mol. The lowest BCUT2D eigenvalue weighted by atomic mass is 10.2. The monoisotopic (exact) mass is 377 g/mol. The number of amides is 1. The molecular weight excluding hydrogens is 354 g/mol. The maximum atomic E-state index is 12.3. The second kappa shape index (κ2) is 8.27. The number of hydrogen-bond acceptors (Lipinski definition) is 5. The van der Waals surface area contributed by atoms with Crippen molar-refractivity contribution in [2.45, 2.75) is 0 Å². The van der Waals surface area contributed by atoms with Gasteiger partial charge in [-0.05, 0) is 24.3 Å². The van der Waals surface area contributed by atoms with Crippen LogP contribution in [0.25, 0.3) is 11.0 Å². The van der Waals surface area contributed by atoms with Crippen molar-refractivity contribution >= 4 is 22.6 Å². The van der Waals surface area contributed by atoms with E-state index >= 15 is 0 Å². The van der Waals surface area contributed by atoms with Crippen molar-refractivity contribution in [3.05, 3.63) is 76.6 Å². The summed E-state index contributed by atoms with van der Waals surface area (Å²) in [5, 5.41) is 3.34. The Morgan fingerprint density at radius 2 is 1.68 bits per heavy atom. The summed E-state index contributed by atoms with van der Waals surface area (Å²) in [5.41, 5.74) is 1.48. The molecule has 6 heteroatoms. The maximum Gasteiger partial charge on any atom is 0.287 e. The van der Waals surface area contributed by atoms with Crippen LogP contribution in [0.1, 0.15) is 10.6 Å². The molecule has 0 bridgehead atoms. The van der Waals surface area contributed by atoms with Gasteiger partial charge in [-0.25, -0.2) is 0 Å². The van der Waals surface area contributed by atoms with Crippen molar-refractivity contribution in [1.82, 2.24) is 10.2 Å². The Morgan fingerprint density at radius 3 is 2.46 bits per heavy atom. The number of nitrogens with one attached hydrogen (secondary N) is 1. The first-order chi connectivity index (χ1) is 13.7. The molecule has 1 fully saturated rings. The van der Waals surface area contributed by atoms with Gasteiger partial charge < -0.3 is 14.6 Å². The van der Waals surface area contributed by atoms with E-state index in [1.54, 1.807) is 24.3 Å². The minimum atomic E-state index is -0.356. The van der Waals surface area contributed by atoms with E-state index in [-0.39, 0.29) is 17.1 Å². The Labute approximate surface area is 163 Å². The van der Waals surface area contributed by atoms with Crippen molar-refractivity contribution in [2.75, 3.05) is 44.2 Å². The molecule has 1 aliphatic heterocycles. The Balaban J connectivity index is 1.28. The molecule has 0 unspecified atom stereocenters. The van der Waals surface area contributed by atoms with Crippen LogP contribution in [-0.2, 0) is 0 Å². The Morgan fingerprint density at radius 1 is 0.964 bits per heavy atom. The number of nitrogens with zero attached hydrogens (tertiary/aromatic N) is 2. The Kier molecular flexibility index (Phi) is 5.39. The highest BCUT2D eigenvalue weighted by atomic mass is 16.3. The highest BCUT2D eigenvalue weighted by Gasteiger charge is 2.17. The van der Waals surface area contributed by atoms with Gasteiger partial charge >= 0.3 is 0 Å². The molecule has 6 nitrogen and oxygen atoms in total. The van der Waals surface area contributed by atoms with E-state index in [1.165, 1.54) is 11.8 Å². The van der Waals surface area contributed by atoms with Crippen molar-refractivity contribution in [3.8, 4) is 0 Å². The highest BCUT2D eigenvalue weighted by molar-refractivity contribution is 5.93. The van der Waals surface area contributed by atoms with Crippen molar-refractivity contribution in [1.29, 1.82) is 0 Å². The van der Waals surface area contributed by atoms with Gasteiger partial charge in [-0.1, -0.05) is 30.3 Å². The largest absolute Gasteiger partial charge is 0.451 e. The number of carbonyl (C=O) groups excluding carboxylic acids is 1. The number of anilines is 1. The number of para-hydroxylation sites is 2. The van der Waals surface area contributed by atoms with Gasteiger partial charge in [0, 0.05) is 51.0 Å². The van der Waals surface area contributed by atoms with Crippen LogP contribution in [0.4, 0.5) is 5.69 Å². The second-order valence-electron chi connectivity index (χ2n) is 6.89. The fourth-order valence-electron chi connectivity index (χ4n) is 3.50. The first-order valence-electron chi connectivity index (χ1n) is 9.54. The number of hydrogen-bond donors (Lipinski definition) is 1. The summed E-state index contributed by atoms with van der Waals surface area (Å²) < 4.78 is 5.58. The average Bonchev–Trinajstić information content (AvgIpc) is 2.75. The van der Waals surface area contributed by atoms with E-state index in [9.17, 15) is 9.59 Å². The van der Waals surface area contributed by atoms with E-state index in [2.05, 4.69) is 39.4 Å². The molecule has 1 N–H and O–H groups in total. The summed E-state index contributed by atoms with van der Waals surface area (Å²) in [5.74, 6) is -0.302. The Bertz CT molecular complexity index is 1010. The molecule has 3 aromatic rings. The van der Waals surface area contributed by atoms with Gasteiger partial charge in [0.05, 0.1) is 5.39 Å². The lowest BCUT2D eigenvalue weighted by Crippen LogP contribution is -2.48. The van der Waals surface area contributed by atoms with Crippen LogP contribution in [-0.4, -0.2) is 50.1 Å². The van der Waals surface area contributed by atoms with Crippen LogP contribution >= 0.6 is 0 Å². The summed E-state index contributed by atoms with van der Waals surface area (Å²) in [6.45, 7) is 5.13. The van der Waals surface area contributed by atoms with Gasteiger partial charge in [-0.3, -0.25) is 14.5 Å². The van der Waals surface area contributed by atoms with Gasteiger partial charge in [0.25, 0.3) is 5.91 Å². The summed E-state index contributed by atoms with van der Waals surface area (Å²) >= 11 is 0. The SMILES string of the molecule is O=C(NCCN1CCN(c2ccccc2)CC1)c1cc(=O)c2ccccc2o1. The second-order valence-corrected chi connectivity index (χ2v) is 6.89. The predicted molar refractivity (Wildman–Crippen MR) is 110 cm³/mol. The number of carbonyl (C=O) groups is 1. The molecular formula is C22H23N3O3. The summed E-state index contributed by atoms with van der Waals surface area (Å²) in [4.78, 5) is 29.2. The molecule has 4 rings (SSSR count). The molecule has 0 saturated carbocycles. The van der Waals surface area contributed by atoms with Gasteiger partial charge in [-0.15, -0.1) is 0 Å². The fraction of sp³-hybridized carbons (Fsp3) is 0.273. The van der Waals surface area contributed by atoms with E-state index in [4.69, 9.17) is 4.42 Å². The molecule has 0 radical (unpaired) electrons. The molecule has 0 atom stereocenters. The minimum absolute atomic E-state index is 0.0533. The van der Waals surface area contributed by atoms with E-state index in [0.717, 1.165) is 32.7 Å². The molecule has 1 aliphatic rings. The summed E-state index contributed by atoms with van der Waals surface area (Å²) in [6.07, 6.45) is 0. The molecule has 2 aromatic carbocycles. The Hall–Kier alpha value is -3.12. The van der Waals surface area contributed by atoms with Crippen molar-refractivity contribution in [2.24, 2.45) is 0 Å². The zero-order valence-corrected chi connectivity index (χ0v) is 15.6. The van der Waals surface area contributed by atoms with Crippen molar-refractivity contribution < 1.29 is 9.21 Å². The maximum absolute atomic E-state index is 12.3. The van der Waals surface area contributed by atoms with Crippen molar-refractivity contribution in [3.63, 3.8) is 0 Å². The quantitative estimate of drug-likeness (QED) is 0.739. The number of rotatable bonds is 5. The van der Waals surface area contributed by atoms with E-state index in [1.807, 2.05) is 6.07 Å². The molecule has 1 aromatic heterocycles. The molecule has 28 heavy (non-hydrogen) atoms. The number of benzene rings is 2. The van der Waals surface area contributed by atoms with Crippen LogP contribution < -0.4 is 15.6 Å². The topological polar surface area (TPSA) is 65.8 Å². The smallest absolute Gasteiger partial charge is 0.287 e. The van der Waals surface area contributed by atoms with E-state index < -0.39 is 0 Å². The number of piperazine rings is 1. The summed E-state index contributed by atoms with van der Waals surface area (Å²) in [7, 11) is 0. The fourth-order valence-corrected chi connectivity index (χ4v) is 3.50. The van der Waals surface area contributed by atoms with Gasteiger partial charge in [0.2, 0.25) is 0 Å². The molecule has 1 saturated heterocycles. The minimum Gasteiger partial charge on any atom is -0.451 e. The number of fused-ring (bicyclic) bond motifs is 1. The van der Waals surface area contributed by atoms with E-state index in [0.29, 0.717) is 17.5 Å². The lowest BCUT2D eigenvalue weighted by Gasteiger charge is -2.36. The van der Waals surface area contributed by atoms with Crippen LogP contribution in [0.5, 0.6) is 0 Å². The molecule has 144 valence electrons. The summed E-state index contributed by atoms with van der Waals surface area (Å²) in [6, 6.07) is 18.6. The van der Waals surface area contributed by atoms with Crippen LogP contribution in [0.15, 0.2) is 69.9 Å². The van der Waals surface area contributed by atoms with Gasteiger partial charge in [0.15, 0.2) is 11.2 Å². The van der Waals surface area contributed by atoms with Crippen LogP contribution in [0.2, 0.25) is 0 Å². The van der Waals surface area contributed by atoms with Crippen LogP contribution in [0.3, 0.4) is 0 Å². The van der Waals surface area contributed by atoms with Gasteiger partial charge in [-0.2, -0.15) is 0 Å².